The SMILES string of the molecule is CC(CNC(=O)[C@H]1CCN[C@@H](C)C1)Oc1ccc(Cl)cc1. The Bertz CT molecular complexity index is 464. The second-order valence-electron chi connectivity index (χ2n) is 5.70. The van der Waals surface area contributed by atoms with Crippen molar-refractivity contribution >= 4 is 17.5 Å². The minimum absolute atomic E-state index is 0.0748. The molecule has 4 nitrogen and oxygen atoms in total. The minimum atomic E-state index is -0.0748. The second kappa shape index (κ2) is 7.66. The lowest BCUT2D eigenvalue weighted by atomic mass is 9.92. The molecule has 2 rings (SSSR count). The largest absolute Gasteiger partial charge is 0.489 e. The van der Waals surface area contributed by atoms with E-state index in [1.807, 2.05) is 19.1 Å². The summed E-state index contributed by atoms with van der Waals surface area (Å²) in [4.78, 5) is 12.1. The molecule has 0 aliphatic carbocycles. The van der Waals surface area contributed by atoms with Crippen LogP contribution < -0.4 is 15.4 Å². The van der Waals surface area contributed by atoms with Gasteiger partial charge in [0.1, 0.15) is 11.9 Å². The summed E-state index contributed by atoms with van der Waals surface area (Å²) >= 11 is 5.83. The molecule has 1 aromatic rings. The van der Waals surface area contributed by atoms with Crippen molar-refractivity contribution in [2.45, 2.75) is 38.8 Å². The Hall–Kier alpha value is -1.26. The Morgan fingerprint density at radius 3 is 2.86 bits per heavy atom. The van der Waals surface area contributed by atoms with E-state index in [4.69, 9.17) is 16.3 Å². The highest BCUT2D eigenvalue weighted by molar-refractivity contribution is 6.30. The Kier molecular flexibility index (Phi) is 5.88. The molecular weight excluding hydrogens is 288 g/mol. The third-order valence-corrected chi connectivity index (χ3v) is 3.96. The maximum Gasteiger partial charge on any atom is 0.223 e. The van der Waals surface area contributed by atoms with E-state index in [0.29, 0.717) is 17.6 Å². The van der Waals surface area contributed by atoms with Crippen LogP contribution in [0.5, 0.6) is 5.75 Å². The van der Waals surface area contributed by atoms with Crippen molar-refractivity contribution in [3.63, 3.8) is 0 Å². The van der Waals surface area contributed by atoms with E-state index in [1.54, 1.807) is 12.1 Å². The summed E-state index contributed by atoms with van der Waals surface area (Å²) in [5, 5.41) is 7.02. The molecule has 0 saturated carbocycles. The smallest absolute Gasteiger partial charge is 0.223 e. The van der Waals surface area contributed by atoms with Crippen molar-refractivity contribution in [2.24, 2.45) is 5.92 Å². The van der Waals surface area contributed by atoms with E-state index in [1.165, 1.54) is 0 Å². The van der Waals surface area contributed by atoms with Gasteiger partial charge in [-0.1, -0.05) is 11.6 Å². The van der Waals surface area contributed by atoms with Gasteiger partial charge in [0.15, 0.2) is 0 Å². The van der Waals surface area contributed by atoms with Crippen molar-refractivity contribution in [3.05, 3.63) is 29.3 Å². The molecular formula is C16H23ClN2O2. The fourth-order valence-electron chi connectivity index (χ4n) is 2.55. The van der Waals surface area contributed by atoms with Crippen LogP contribution in [0.15, 0.2) is 24.3 Å². The van der Waals surface area contributed by atoms with E-state index in [0.717, 1.165) is 25.1 Å². The molecule has 21 heavy (non-hydrogen) atoms. The Morgan fingerprint density at radius 1 is 1.48 bits per heavy atom. The molecule has 0 bridgehead atoms. The van der Waals surface area contributed by atoms with Gasteiger partial charge in [0, 0.05) is 17.0 Å². The molecule has 1 saturated heterocycles. The van der Waals surface area contributed by atoms with E-state index in [-0.39, 0.29) is 17.9 Å². The van der Waals surface area contributed by atoms with Crippen LogP contribution in [0.2, 0.25) is 5.02 Å². The van der Waals surface area contributed by atoms with Gasteiger partial charge in [0.25, 0.3) is 0 Å². The van der Waals surface area contributed by atoms with Crippen molar-refractivity contribution in [1.82, 2.24) is 10.6 Å². The second-order valence-corrected chi connectivity index (χ2v) is 6.14. The van der Waals surface area contributed by atoms with Crippen LogP contribution in [0.25, 0.3) is 0 Å². The number of benzene rings is 1. The number of rotatable bonds is 5. The van der Waals surface area contributed by atoms with E-state index < -0.39 is 0 Å². The first-order chi connectivity index (χ1) is 10.0. The monoisotopic (exact) mass is 310 g/mol. The average Bonchev–Trinajstić information content (AvgIpc) is 2.47. The molecule has 1 aliphatic rings. The zero-order chi connectivity index (χ0) is 15.2. The summed E-state index contributed by atoms with van der Waals surface area (Å²) in [6.45, 7) is 5.49. The maximum absolute atomic E-state index is 12.1. The van der Waals surface area contributed by atoms with Crippen molar-refractivity contribution in [1.29, 1.82) is 0 Å². The first-order valence-electron chi connectivity index (χ1n) is 7.48. The molecule has 1 unspecified atom stereocenters. The van der Waals surface area contributed by atoms with Crippen LogP contribution in [-0.4, -0.2) is 31.1 Å². The molecule has 5 heteroatoms. The molecule has 2 N–H and O–H groups in total. The Morgan fingerprint density at radius 2 is 2.19 bits per heavy atom. The van der Waals surface area contributed by atoms with Gasteiger partial charge in [-0.15, -0.1) is 0 Å². The number of amides is 1. The summed E-state index contributed by atoms with van der Waals surface area (Å²) in [6, 6.07) is 7.65. The topological polar surface area (TPSA) is 50.4 Å². The summed E-state index contributed by atoms with van der Waals surface area (Å²) in [5.74, 6) is 1.01. The summed E-state index contributed by atoms with van der Waals surface area (Å²) in [5.41, 5.74) is 0. The number of ether oxygens (including phenoxy) is 1. The van der Waals surface area contributed by atoms with E-state index >= 15 is 0 Å². The molecule has 1 aliphatic heterocycles. The lowest BCUT2D eigenvalue weighted by molar-refractivity contribution is -0.126. The normalized spacial score (nSPS) is 23.4. The summed E-state index contributed by atoms with van der Waals surface area (Å²) in [6.07, 6.45) is 1.73. The van der Waals surface area contributed by atoms with Crippen molar-refractivity contribution in [3.8, 4) is 5.75 Å². The standard InChI is InChI=1S/C16H23ClN2O2/c1-11-9-13(7-8-18-11)16(20)19-10-12(2)21-15-5-3-14(17)4-6-15/h3-6,11-13,18H,7-10H2,1-2H3,(H,19,20)/t11-,12?,13-/m0/s1. The predicted molar refractivity (Wildman–Crippen MR) is 84.7 cm³/mol. The van der Waals surface area contributed by atoms with Gasteiger partial charge >= 0.3 is 0 Å². The lowest BCUT2D eigenvalue weighted by Gasteiger charge is -2.27. The Labute approximate surface area is 131 Å². The molecule has 116 valence electrons. The number of carbonyl (C=O) groups excluding carboxylic acids is 1. The van der Waals surface area contributed by atoms with Crippen LogP contribution in [0, 0.1) is 5.92 Å². The molecule has 0 radical (unpaired) electrons. The average molecular weight is 311 g/mol. The Balaban J connectivity index is 1.74. The van der Waals surface area contributed by atoms with Crippen molar-refractivity contribution in [2.75, 3.05) is 13.1 Å². The van der Waals surface area contributed by atoms with Crippen LogP contribution in [0.3, 0.4) is 0 Å². The van der Waals surface area contributed by atoms with Gasteiger partial charge < -0.3 is 15.4 Å². The molecule has 3 atom stereocenters. The first-order valence-corrected chi connectivity index (χ1v) is 7.85. The van der Waals surface area contributed by atoms with Gasteiger partial charge in [-0.25, -0.2) is 0 Å². The summed E-state index contributed by atoms with van der Waals surface area (Å²) < 4.78 is 5.74. The third-order valence-electron chi connectivity index (χ3n) is 3.71. The quantitative estimate of drug-likeness (QED) is 0.879. The zero-order valence-corrected chi connectivity index (χ0v) is 13.3. The number of halogens is 1. The highest BCUT2D eigenvalue weighted by Crippen LogP contribution is 2.17. The molecule has 1 fully saturated rings. The lowest BCUT2D eigenvalue weighted by Crippen LogP contribution is -2.44. The molecule has 1 aromatic carbocycles. The van der Waals surface area contributed by atoms with Crippen LogP contribution in [0.4, 0.5) is 0 Å². The predicted octanol–water partition coefficient (Wildman–Crippen LogP) is 2.61. The van der Waals surface area contributed by atoms with Gasteiger partial charge in [0.2, 0.25) is 5.91 Å². The van der Waals surface area contributed by atoms with Gasteiger partial charge in [-0.05, 0) is 57.5 Å². The van der Waals surface area contributed by atoms with Crippen LogP contribution >= 0.6 is 11.6 Å². The van der Waals surface area contributed by atoms with Crippen LogP contribution in [-0.2, 0) is 4.79 Å². The number of hydrogen-bond acceptors (Lipinski definition) is 3. The molecule has 1 amide bonds. The fraction of sp³-hybridized carbons (Fsp3) is 0.562. The number of piperidine rings is 1. The van der Waals surface area contributed by atoms with E-state index in [2.05, 4.69) is 17.6 Å². The summed E-state index contributed by atoms with van der Waals surface area (Å²) in [7, 11) is 0. The van der Waals surface area contributed by atoms with E-state index in [9.17, 15) is 4.79 Å². The van der Waals surface area contributed by atoms with Crippen LogP contribution in [0.1, 0.15) is 26.7 Å². The van der Waals surface area contributed by atoms with Gasteiger partial charge in [-0.3, -0.25) is 4.79 Å². The highest BCUT2D eigenvalue weighted by Gasteiger charge is 2.24. The molecule has 0 spiro atoms. The third kappa shape index (κ3) is 5.21. The molecule has 1 heterocycles. The highest BCUT2D eigenvalue weighted by atomic mass is 35.5. The number of nitrogens with one attached hydrogen (secondary N) is 2. The first kappa shape index (κ1) is 16.1. The van der Waals surface area contributed by atoms with Crippen molar-refractivity contribution < 1.29 is 9.53 Å². The van der Waals surface area contributed by atoms with Gasteiger partial charge in [-0.2, -0.15) is 0 Å². The minimum Gasteiger partial charge on any atom is -0.489 e. The number of carbonyl (C=O) groups is 1. The maximum atomic E-state index is 12.1. The van der Waals surface area contributed by atoms with Gasteiger partial charge in [0.05, 0.1) is 6.54 Å². The molecule has 0 aromatic heterocycles. The fourth-order valence-corrected chi connectivity index (χ4v) is 2.67. The number of hydrogen-bond donors (Lipinski definition) is 2. The zero-order valence-electron chi connectivity index (χ0n) is 12.6.